The summed E-state index contributed by atoms with van der Waals surface area (Å²) in [5, 5.41) is 6.59. The Kier molecular flexibility index (Phi) is 7.05. The SMILES string of the molecule is CCOC(=O)c1c(NC(=O)CNCCc2ccccc2)sc2c1CC(C)(C)OC2. The van der Waals surface area contributed by atoms with E-state index in [1.54, 1.807) is 6.92 Å². The van der Waals surface area contributed by atoms with Gasteiger partial charge in [-0.05, 0) is 44.9 Å². The molecule has 29 heavy (non-hydrogen) atoms. The monoisotopic (exact) mass is 416 g/mol. The summed E-state index contributed by atoms with van der Waals surface area (Å²) >= 11 is 1.40. The van der Waals surface area contributed by atoms with E-state index >= 15 is 0 Å². The molecule has 0 aliphatic carbocycles. The lowest BCUT2D eigenvalue weighted by Crippen LogP contribution is -2.32. The van der Waals surface area contributed by atoms with Crippen LogP contribution >= 0.6 is 11.3 Å². The normalized spacial score (nSPS) is 14.9. The number of carbonyl (C=O) groups excluding carboxylic acids is 2. The molecule has 2 N–H and O–H groups in total. The van der Waals surface area contributed by atoms with Crippen molar-refractivity contribution in [2.24, 2.45) is 0 Å². The van der Waals surface area contributed by atoms with E-state index in [-0.39, 0.29) is 24.7 Å². The van der Waals surface area contributed by atoms with Crippen molar-refractivity contribution in [3.63, 3.8) is 0 Å². The van der Waals surface area contributed by atoms with E-state index in [0.717, 1.165) is 16.9 Å². The van der Waals surface area contributed by atoms with Crippen LogP contribution in [0.4, 0.5) is 5.00 Å². The van der Waals surface area contributed by atoms with Crippen molar-refractivity contribution in [3.05, 3.63) is 51.9 Å². The van der Waals surface area contributed by atoms with Gasteiger partial charge in [0.05, 0.1) is 30.9 Å². The number of carbonyl (C=O) groups is 2. The van der Waals surface area contributed by atoms with Gasteiger partial charge in [0.2, 0.25) is 5.91 Å². The number of benzene rings is 1. The lowest BCUT2D eigenvalue weighted by atomic mass is 9.93. The number of esters is 1. The van der Waals surface area contributed by atoms with Crippen LogP contribution < -0.4 is 10.6 Å². The Balaban J connectivity index is 1.64. The van der Waals surface area contributed by atoms with Crippen molar-refractivity contribution in [1.82, 2.24) is 5.32 Å². The molecule has 3 rings (SSSR count). The maximum atomic E-state index is 12.6. The molecule has 0 radical (unpaired) electrons. The minimum Gasteiger partial charge on any atom is -0.462 e. The van der Waals surface area contributed by atoms with Gasteiger partial charge in [-0.1, -0.05) is 30.3 Å². The third-order valence-electron chi connectivity index (χ3n) is 4.74. The lowest BCUT2D eigenvalue weighted by molar-refractivity contribution is -0.115. The zero-order valence-electron chi connectivity index (χ0n) is 17.2. The minimum atomic E-state index is -0.393. The number of hydrogen-bond donors (Lipinski definition) is 2. The molecule has 1 aromatic carbocycles. The molecule has 1 amide bonds. The van der Waals surface area contributed by atoms with Gasteiger partial charge in [-0.15, -0.1) is 11.3 Å². The van der Waals surface area contributed by atoms with Crippen molar-refractivity contribution >= 4 is 28.2 Å². The number of fused-ring (bicyclic) bond motifs is 1. The fraction of sp³-hybridized carbons (Fsp3) is 0.455. The summed E-state index contributed by atoms with van der Waals surface area (Å²) in [5.74, 6) is -0.572. The largest absolute Gasteiger partial charge is 0.462 e. The third kappa shape index (κ3) is 5.65. The molecule has 0 saturated heterocycles. The molecule has 156 valence electrons. The van der Waals surface area contributed by atoms with Crippen LogP contribution in [-0.4, -0.2) is 37.2 Å². The molecule has 0 atom stereocenters. The van der Waals surface area contributed by atoms with E-state index in [2.05, 4.69) is 22.8 Å². The highest BCUT2D eigenvalue weighted by Crippen LogP contribution is 2.40. The summed E-state index contributed by atoms with van der Waals surface area (Å²) in [6.45, 7) is 7.38. The van der Waals surface area contributed by atoms with E-state index < -0.39 is 5.97 Å². The van der Waals surface area contributed by atoms with Crippen molar-refractivity contribution in [1.29, 1.82) is 0 Å². The van der Waals surface area contributed by atoms with E-state index in [9.17, 15) is 9.59 Å². The van der Waals surface area contributed by atoms with Gasteiger partial charge in [-0.2, -0.15) is 0 Å². The average Bonchev–Trinajstić information content (AvgIpc) is 3.02. The highest BCUT2D eigenvalue weighted by molar-refractivity contribution is 7.17. The standard InChI is InChI=1S/C22H28N2O4S/c1-4-27-21(26)19-16-12-22(2,3)28-14-17(16)29-20(19)24-18(25)13-23-11-10-15-8-6-5-7-9-15/h5-9,23H,4,10-14H2,1-3H3,(H,24,25). The summed E-state index contributed by atoms with van der Waals surface area (Å²) in [5.41, 5.74) is 2.27. The highest BCUT2D eigenvalue weighted by Gasteiger charge is 2.34. The van der Waals surface area contributed by atoms with Gasteiger partial charge in [-0.25, -0.2) is 4.79 Å². The fourth-order valence-corrected chi connectivity index (χ4v) is 4.45. The van der Waals surface area contributed by atoms with Gasteiger partial charge >= 0.3 is 5.97 Å². The zero-order chi connectivity index (χ0) is 20.9. The third-order valence-corrected chi connectivity index (χ3v) is 5.86. The molecule has 7 heteroatoms. The predicted molar refractivity (Wildman–Crippen MR) is 114 cm³/mol. The van der Waals surface area contributed by atoms with Gasteiger partial charge in [-0.3, -0.25) is 4.79 Å². The van der Waals surface area contributed by atoms with Gasteiger partial charge in [0.15, 0.2) is 0 Å². The first kappa shape index (κ1) is 21.5. The second-order valence-corrected chi connectivity index (χ2v) is 8.72. The van der Waals surface area contributed by atoms with Crippen LogP contribution in [0, 0.1) is 0 Å². The quantitative estimate of drug-likeness (QED) is 0.508. The van der Waals surface area contributed by atoms with Crippen LogP contribution in [0.2, 0.25) is 0 Å². The predicted octanol–water partition coefficient (Wildman–Crippen LogP) is 3.55. The van der Waals surface area contributed by atoms with Crippen molar-refractivity contribution in [2.45, 2.75) is 45.8 Å². The van der Waals surface area contributed by atoms with Crippen LogP contribution in [-0.2, 0) is 33.7 Å². The Morgan fingerprint density at radius 3 is 2.72 bits per heavy atom. The van der Waals surface area contributed by atoms with Crippen molar-refractivity contribution < 1.29 is 19.1 Å². The van der Waals surface area contributed by atoms with Crippen LogP contribution in [0.15, 0.2) is 30.3 Å². The van der Waals surface area contributed by atoms with Gasteiger partial charge in [0.25, 0.3) is 0 Å². The van der Waals surface area contributed by atoms with Gasteiger partial charge in [0, 0.05) is 11.3 Å². The maximum absolute atomic E-state index is 12.6. The number of thiophene rings is 1. The molecular weight excluding hydrogens is 388 g/mol. The number of anilines is 1. The van der Waals surface area contributed by atoms with Gasteiger partial charge < -0.3 is 20.1 Å². The van der Waals surface area contributed by atoms with Gasteiger partial charge in [0.1, 0.15) is 5.00 Å². The molecule has 0 saturated carbocycles. The summed E-state index contributed by atoms with van der Waals surface area (Å²) in [6, 6.07) is 10.1. The zero-order valence-corrected chi connectivity index (χ0v) is 18.0. The second-order valence-electron chi connectivity index (χ2n) is 7.61. The smallest absolute Gasteiger partial charge is 0.341 e. The molecule has 2 heterocycles. The first-order valence-corrected chi connectivity index (χ1v) is 10.7. The first-order valence-electron chi connectivity index (χ1n) is 9.89. The Bertz CT molecular complexity index is 861. The second kappa shape index (κ2) is 9.52. The first-order chi connectivity index (χ1) is 13.9. The maximum Gasteiger partial charge on any atom is 0.341 e. The molecule has 0 fully saturated rings. The Hall–Kier alpha value is -2.22. The van der Waals surface area contributed by atoms with E-state index in [1.165, 1.54) is 16.9 Å². The van der Waals surface area contributed by atoms with E-state index in [0.29, 0.717) is 30.1 Å². The van der Waals surface area contributed by atoms with Crippen LogP contribution in [0.25, 0.3) is 0 Å². The highest BCUT2D eigenvalue weighted by atomic mass is 32.1. The molecule has 0 unspecified atom stereocenters. The van der Waals surface area contributed by atoms with E-state index in [4.69, 9.17) is 9.47 Å². The summed E-state index contributed by atoms with van der Waals surface area (Å²) in [7, 11) is 0. The van der Waals surface area contributed by atoms with Crippen molar-refractivity contribution in [2.75, 3.05) is 25.0 Å². The molecule has 1 aliphatic heterocycles. The number of nitrogens with one attached hydrogen (secondary N) is 2. The Morgan fingerprint density at radius 1 is 1.24 bits per heavy atom. The number of rotatable bonds is 8. The summed E-state index contributed by atoms with van der Waals surface area (Å²) < 4.78 is 11.1. The van der Waals surface area contributed by atoms with Crippen LogP contribution in [0.3, 0.4) is 0 Å². The minimum absolute atomic E-state index is 0.178. The van der Waals surface area contributed by atoms with E-state index in [1.807, 2.05) is 32.0 Å². The number of hydrogen-bond acceptors (Lipinski definition) is 6. The molecule has 2 aromatic rings. The van der Waals surface area contributed by atoms with Crippen molar-refractivity contribution in [3.8, 4) is 0 Å². The molecule has 0 spiro atoms. The summed E-state index contributed by atoms with van der Waals surface area (Å²) in [6.07, 6.45) is 1.46. The fourth-order valence-electron chi connectivity index (χ4n) is 3.31. The average molecular weight is 417 g/mol. The molecule has 1 aliphatic rings. The Labute approximate surface area is 175 Å². The van der Waals surface area contributed by atoms with Crippen LogP contribution in [0.5, 0.6) is 0 Å². The lowest BCUT2D eigenvalue weighted by Gasteiger charge is -2.30. The summed E-state index contributed by atoms with van der Waals surface area (Å²) in [4.78, 5) is 26.0. The topological polar surface area (TPSA) is 76.7 Å². The molecule has 1 aromatic heterocycles. The Morgan fingerprint density at radius 2 is 2.00 bits per heavy atom. The van der Waals surface area contributed by atoms with Crippen LogP contribution in [0.1, 0.15) is 47.1 Å². The number of amides is 1. The molecular formula is C22H28N2O4S. The molecule has 0 bridgehead atoms. The molecule has 6 nitrogen and oxygen atoms in total. The number of ether oxygens (including phenoxy) is 2.